The SMILES string of the molecule is CCC[C@H](NC(=O)[C@@H]1[C@H]2CCC[C@H]2CN1C(=O)[C@@H](CC(=O)[C@@H](NC(=O)c1cc(C)on1)C1CCCCC1)C(C)(C)C)C(=O)C(=O)NC1CC1. The molecule has 3 aliphatic carbocycles. The second kappa shape index (κ2) is 15.5. The van der Waals surface area contributed by atoms with Gasteiger partial charge >= 0.3 is 0 Å². The summed E-state index contributed by atoms with van der Waals surface area (Å²) < 4.78 is 5.09. The van der Waals surface area contributed by atoms with Crippen molar-refractivity contribution in [3.05, 3.63) is 17.5 Å². The van der Waals surface area contributed by atoms with E-state index in [1.54, 1.807) is 11.8 Å². The maximum absolute atomic E-state index is 14.7. The smallest absolute Gasteiger partial charge is 0.289 e. The molecule has 270 valence electrons. The number of rotatable bonds is 14. The van der Waals surface area contributed by atoms with Crippen molar-refractivity contribution < 1.29 is 33.3 Å². The van der Waals surface area contributed by atoms with E-state index < -0.39 is 53.0 Å². The van der Waals surface area contributed by atoms with E-state index in [4.69, 9.17) is 4.52 Å². The van der Waals surface area contributed by atoms with Crippen LogP contribution in [0.3, 0.4) is 0 Å². The first-order valence-corrected chi connectivity index (χ1v) is 18.5. The van der Waals surface area contributed by atoms with Gasteiger partial charge in [0, 0.05) is 31.0 Å². The van der Waals surface area contributed by atoms with E-state index in [0.717, 1.165) is 64.2 Å². The third-order valence-corrected chi connectivity index (χ3v) is 11.2. The summed E-state index contributed by atoms with van der Waals surface area (Å²) in [6, 6.07) is -0.981. The Hall–Kier alpha value is -3.57. The number of aryl methyl sites for hydroxylation is 1. The van der Waals surface area contributed by atoms with Gasteiger partial charge in [0.05, 0.1) is 12.1 Å². The topological polar surface area (TPSA) is 168 Å². The monoisotopic (exact) mass is 681 g/mol. The molecule has 3 N–H and O–H groups in total. The van der Waals surface area contributed by atoms with Crippen molar-refractivity contribution in [2.45, 2.75) is 142 Å². The Balaban J connectivity index is 1.35. The Morgan fingerprint density at radius 1 is 0.959 bits per heavy atom. The highest BCUT2D eigenvalue weighted by molar-refractivity contribution is 6.38. The maximum atomic E-state index is 14.7. The fourth-order valence-electron chi connectivity index (χ4n) is 8.23. The summed E-state index contributed by atoms with van der Waals surface area (Å²) in [7, 11) is 0. The fraction of sp³-hybridized carbons (Fsp3) is 0.757. The van der Waals surface area contributed by atoms with E-state index in [1.807, 2.05) is 27.7 Å². The molecular weight excluding hydrogens is 626 g/mol. The number of hydrogen-bond acceptors (Lipinski definition) is 8. The van der Waals surface area contributed by atoms with Crippen LogP contribution in [-0.2, 0) is 24.0 Å². The van der Waals surface area contributed by atoms with Gasteiger partial charge in [0.1, 0.15) is 11.8 Å². The van der Waals surface area contributed by atoms with Crippen molar-refractivity contribution in [1.82, 2.24) is 26.0 Å². The molecule has 12 heteroatoms. The minimum absolute atomic E-state index is 0.0196. The average Bonchev–Trinajstić information content (AvgIpc) is 3.40. The molecular formula is C37H55N5O7. The normalized spacial score (nSPS) is 24.4. The molecule has 2 heterocycles. The van der Waals surface area contributed by atoms with E-state index >= 15 is 0 Å². The van der Waals surface area contributed by atoms with E-state index in [9.17, 15) is 28.8 Å². The van der Waals surface area contributed by atoms with Gasteiger partial charge in [0.25, 0.3) is 11.8 Å². The molecule has 5 rings (SSSR count). The lowest BCUT2D eigenvalue weighted by atomic mass is 9.74. The van der Waals surface area contributed by atoms with Crippen LogP contribution in [0.2, 0.25) is 0 Å². The summed E-state index contributed by atoms with van der Waals surface area (Å²) in [6.45, 7) is 9.78. The maximum Gasteiger partial charge on any atom is 0.289 e. The van der Waals surface area contributed by atoms with Crippen molar-refractivity contribution in [1.29, 1.82) is 0 Å². The Bertz CT molecular complexity index is 1410. The van der Waals surface area contributed by atoms with Gasteiger partial charge in [-0.3, -0.25) is 28.8 Å². The van der Waals surface area contributed by atoms with Gasteiger partial charge in [0.15, 0.2) is 11.5 Å². The highest BCUT2D eigenvalue weighted by Crippen LogP contribution is 2.44. The zero-order valence-electron chi connectivity index (χ0n) is 29.8. The summed E-state index contributed by atoms with van der Waals surface area (Å²) in [5, 5.41) is 12.4. The first-order chi connectivity index (χ1) is 23.3. The highest BCUT2D eigenvalue weighted by atomic mass is 16.5. The van der Waals surface area contributed by atoms with Gasteiger partial charge in [-0.2, -0.15) is 0 Å². The summed E-state index contributed by atoms with van der Waals surface area (Å²) in [5.41, 5.74) is -0.519. The lowest BCUT2D eigenvalue weighted by molar-refractivity contribution is -0.148. The van der Waals surface area contributed by atoms with E-state index in [-0.39, 0.29) is 47.6 Å². The Labute approximate surface area is 289 Å². The number of carbonyl (C=O) groups is 6. The van der Waals surface area contributed by atoms with Gasteiger partial charge in [-0.05, 0) is 75.0 Å². The molecule has 3 saturated carbocycles. The zero-order valence-corrected chi connectivity index (χ0v) is 29.8. The number of aromatic nitrogens is 1. The van der Waals surface area contributed by atoms with E-state index in [2.05, 4.69) is 21.1 Å². The number of Topliss-reactive ketones (excluding diaryl/α,β-unsaturated/α-hetero) is 2. The lowest BCUT2D eigenvalue weighted by Crippen LogP contribution is -2.56. The first-order valence-electron chi connectivity index (χ1n) is 18.5. The number of nitrogens with zero attached hydrogens (tertiary/aromatic N) is 2. The predicted molar refractivity (Wildman–Crippen MR) is 181 cm³/mol. The predicted octanol–water partition coefficient (Wildman–Crippen LogP) is 4.04. The van der Waals surface area contributed by atoms with Crippen LogP contribution in [0.1, 0.15) is 127 Å². The molecule has 1 aromatic heterocycles. The number of fused-ring (bicyclic) bond motifs is 1. The van der Waals surface area contributed by atoms with Gasteiger partial charge in [-0.15, -0.1) is 0 Å². The van der Waals surface area contributed by atoms with Gasteiger partial charge in [-0.25, -0.2) is 0 Å². The second-order valence-electron chi connectivity index (χ2n) is 16.0. The van der Waals surface area contributed by atoms with Crippen molar-refractivity contribution >= 4 is 35.2 Å². The van der Waals surface area contributed by atoms with Crippen LogP contribution in [0.5, 0.6) is 0 Å². The van der Waals surface area contributed by atoms with Crippen LogP contribution in [0.15, 0.2) is 10.6 Å². The minimum Gasteiger partial charge on any atom is -0.361 e. The lowest BCUT2D eigenvalue weighted by Gasteiger charge is -2.37. The standard InChI is InChI=1S/C37H55N5O7/c1-6-11-27(32(44)35(47)38-24-16-17-24)39-34(46)31-25-15-10-14-23(25)20-42(31)36(48)26(37(3,4)5)19-29(43)30(22-12-8-7-9-13-22)40-33(45)28-18-21(2)49-41-28/h18,22-27,30-31H,6-17,19-20H2,1-5H3,(H,38,47)(H,39,46)(H,40,45)/t23-,25-,26+,27-,30-,31-/m0/s1. The number of nitrogens with one attached hydrogen (secondary N) is 3. The molecule has 0 aromatic carbocycles. The summed E-state index contributed by atoms with van der Waals surface area (Å²) in [6.07, 6.45) is 9.77. The zero-order chi connectivity index (χ0) is 35.5. The van der Waals surface area contributed by atoms with E-state index in [1.165, 1.54) is 6.07 Å². The van der Waals surface area contributed by atoms with Crippen molar-refractivity contribution in [3.63, 3.8) is 0 Å². The Kier molecular flexibility index (Phi) is 11.6. The Morgan fingerprint density at radius 3 is 2.29 bits per heavy atom. The number of amides is 4. The molecule has 0 radical (unpaired) electrons. The Morgan fingerprint density at radius 2 is 1.67 bits per heavy atom. The van der Waals surface area contributed by atoms with Crippen LogP contribution in [0, 0.1) is 36.0 Å². The molecule has 12 nitrogen and oxygen atoms in total. The molecule has 4 aliphatic rings. The number of ketones is 2. The molecule has 0 spiro atoms. The summed E-state index contributed by atoms with van der Waals surface area (Å²) >= 11 is 0. The molecule has 1 saturated heterocycles. The number of carbonyl (C=O) groups excluding carboxylic acids is 6. The first kappa shape index (κ1) is 36.7. The van der Waals surface area contributed by atoms with Gasteiger partial charge in [0.2, 0.25) is 17.6 Å². The molecule has 4 fully saturated rings. The van der Waals surface area contributed by atoms with Crippen LogP contribution in [-0.4, -0.2) is 76.0 Å². The molecule has 49 heavy (non-hydrogen) atoms. The van der Waals surface area contributed by atoms with Gasteiger partial charge in [-0.1, -0.05) is 65.0 Å². The summed E-state index contributed by atoms with van der Waals surface area (Å²) in [5.74, 6) is -2.91. The van der Waals surface area contributed by atoms with Crippen LogP contribution >= 0.6 is 0 Å². The minimum atomic E-state index is -0.970. The van der Waals surface area contributed by atoms with Crippen LogP contribution in [0.4, 0.5) is 0 Å². The van der Waals surface area contributed by atoms with Crippen molar-refractivity contribution in [3.8, 4) is 0 Å². The highest BCUT2D eigenvalue weighted by Gasteiger charge is 2.52. The van der Waals surface area contributed by atoms with Crippen molar-refractivity contribution in [2.75, 3.05) is 6.54 Å². The largest absolute Gasteiger partial charge is 0.361 e. The number of likely N-dealkylation sites (tertiary alicyclic amines) is 1. The van der Waals surface area contributed by atoms with Gasteiger partial charge < -0.3 is 25.4 Å². The molecule has 1 aliphatic heterocycles. The third-order valence-electron chi connectivity index (χ3n) is 11.2. The third kappa shape index (κ3) is 8.78. The number of hydrogen-bond donors (Lipinski definition) is 3. The fourth-order valence-corrected chi connectivity index (χ4v) is 8.23. The van der Waals surface area contributed by atoms with Crippen LogP contribution < -0.4 is 16.0 Å². The molecule has 1 aromatic rings. The molecule has 0 unspecified atom stereocenters. The average molecular weight is 682 g/mol. The molecule has 0 bridgehead atoms. The molecule has 6 atom stereocenters. The van der Waals surface area contributed by atoms with Crippen LogP contribution in [0.25, 0.3) is 0 Å². The van der Waals surface area contributed by atoms with Crippen molar-refractivity contribution in [2.24, 2.45) is 29.1 Å². The summed E-state index contributed by atoms with van der Waals surface area (Å²) in [4.78, 5) is 83.6. The second-order valence-corrected chi connectivity index (χ2v) is 16.0. The quantitative estimate of drug-likeness (QED) is 0.247. The molecule has 4 amide bonds. The van der Waals surface area contributed by atoms with E-state index in [0.29, 0.717) is 25.1 Å².